The molecule has 1 aromatic carbocycles. The Morgan fingerprint density at radius 2 is 1.88 bits per heavy atom. The van der Waals surface area contributed by atoms with Crippen LogP contribution in [0.4, 0.5) is 0 Å². The molecule has 0 aliphatic carbocycles. The van der Waals surface area contributed by atoms with Crippen LogP contribution >= 0.6 is 0 Å². The van der Waals surface area contributed by atoms with Gasteiger partial charge in [0.15, 0.2) is 0 Å². The third-order valence-corrected chi connectivity index (χ3v) is 4.28. The molecule has 138 valence electrons. The average molecular weight is 357 g/mol. The monoisotopic (exact) mass is 357 g/mol. The second kappa shape index (κ2) is 9.56. The van der Waals surface area contributed by atoms with Gasteiger partial charge in [-0.1, -0.05) is 6.92 Å². The number of carbonyl (C=O) groups excluding carboxylic acids is 3. The van der Waals surface area contributed by atoms with E-state index in [9.17, 15) is 14.4 Å². The topological polar surface area (TPSA) is 99.5 Å². The molecule has 1 fully saturated rings. The van der Waals surface area contributed by atoms with E-state index in [0.717, 1.165) is 0 Å². The molecule has 0 atom stereocenters. The summed E-state index contributed by atoms with van der Waals surface area (Å²) in [6.07, 6.45) is 1.77. The summed E-state index contributed by atoms with van der Waals surface area (Å²) in [4.78, 5) is 37.3. The molecule has 2 rings (SSSR count). The zero-order valence-corrected chi connectivity index (χ0v) is 14.9. The van der Waals surface area contributed by atoms with Crippen LogP contribution < -0.4 is 5.32 Å². The first-order valence-electron chi connectivity index (χ1n) is 8.79. The highest BCUT2D eigenvalue weighted by atomic mass is 16.5. The number of nitriles is 1. The fraction of sp³-hybridized carbons (Fsp3) is 0.474. The third-order valence-electron chi connectivity index (χ3n) is 4.28. The highest BCUT2D eigenvalue weighted by Crippen LogP contribution is 2.15. The Hall–Kier alpha value is -2.88. The largest absolute Gasteiger partial charge is 0.462 e. The second-order valence-corrected chi connectivity index (χ2v) is 6.12. The highest BCUT2D eigenvalue weighted by molar-refractivity contribution is 5.94. The Balaban J connectivity index is 1.69. The lowest BCUT2D eigenvalue weighted by molar-refractivity contribution is -0.151. The number of benzene rings is 1. The summed E-state index contributed by atoms with van der Waals surface area (Å²) >= 11 is 0. The van der Waals surface area contributed by atoms with Crippen molar-refractivity contribution in [2.45, 2.75) is 38.7 Å². The van der Waals surface area contributed by atoms with Crippen molar-refractivity contribution in [2.24, 2.45) is 0 Å². The van der Waals surface area contributed by atoms with Crippen LogP contribution in [0.25, 0.3) is 0 Å². The van der Waals surface area contributed by atoms with E-state index < -0.39 is 0 Å². The van der Waals surface area contributed by atoms with Crippen molar-refractivity contribution < 1.29 is 19.1 Å². The molecule has 1 aliphatic rings. The molecular formula is C19H23N3O4. The van der Waals surface area contributed by atoms with Crippen molar-refractivity contribution >= 4 is 17.8 Å². The van der Waals surface area contributed by atoms with Crippen LogP contribution in [-0.4, -0.2) is 48.4 Å². The lowest BCUT2D eigenvalue weighted by Crippen LogP contribution is -2.42. The van der Waals surface area contributed by atoms with Crippen molar-refractivity contribution in [3.63, 3.8) is 0 Å². The first-order chi connectivity index (χ1) is 12.5. The number of esters is 1. The van der Waals surface area contributed by atoms with Crippen LogP contribution in [-0.2, 0) is 14.3 Å². The number of rotatable bonds is 6. The van der Waals surface area contributed by atoms with Crippen LogP contribution in [0.3, 0.4) is 0 Å². The Bertz CT molecular complexity index is 686. The van der Waals surface area contributed by atoms with Crippen molar-refractivity contribution in [3.05, 3.63) is 35.4 Å². The predicted molar refractivity (Wildman–Crippen MR) is 94.1 cm³/mol. The number of carbonyl (C=O) groups is 3. The van der Waals surface area contributed by atoms with Crippen LogP contribution in [0, 0.1) is 11.3 Å². The number of amides is 2. The van der Waals surface area contributed by atoms with E-state index in [1.807, 2.05) is 6.07 Å². The Morgan fingerprint density at radius 3 is 2.46 bits per heavy atom. The van der Waals surface area contributed by atoms with Crippen molar-refractivity contribution in [3.8, 4) is 6.07 Å². The zero-order valence-electron chi connectivity index (χ0n) is 14.9. The van der Waals surface area contributed by atoms with Gasteiger partial charge in [-0.2, -0.15) is 5.26 Å². The Labute approximate surface area is 152 Å². The fourth-order valence-electron chi connectivity index (χ4n) is 2.73. The van der Waals surface area contributed by atoms with Crippen molar-refractivity contribution in [1.82, 2.24) is 10.2 Å². The summed E-state index contributed by atoms with van der Waals surface area (Å²) in [7, 11) is 0. The van der Waals surface area contributed by atoms with Crippen molar-refractivity contribution in [2.75, 3.05) is 19.6 Å². The molecule has 26 heavy (non-hydrogen) atoms. The molecule has 1 aliphatic heterocycles. The predicted octanol–water partition coefficient (Wildman–Crippen LogP) is 1.62. The van der Waals surface area contributed by atoms with E-state index >= 15 is 0 Å². The molecule has 7 nitrogen and oxygen atoms in total. The van der Waals surface area contributed by atoms with Gasteiger partial charge in [0.1, 0.15) is 6.10 Å². The van der Waals surface area contributed by atoms with Gasteiger partial charge >= 0.3 is 5.97 Å². The maximum absolute atomic E-state index is 12.2. The smallest absolute Gasteiger partial charge is 0.305 e. The number of ether oxygens (including phenoxy) is 1. The van der Waals surface area contributed by atoms with Gasteiger partial charge in [0.25, 0.3) is 5.91 Å². The highest BCUT2D eigenvalue weighted by Gasteiger charge is 2.24. The maximum Gasteiger partial charge on any atom is 0.305 e. The number of likely N-dealkylation sites (tertiary alicyclic amines) is 1. The summed E-state index contributed by atoms with van der Waals surface area (Å²) < 4.78 is 5.29. The van der Waals surface area contributed by atoms with E-state index in [2.05, 4.69) is 5.32 Å². The summed E-state index contributed by atoms with van der Waals surface area (Å²) in [6, 6.07) is 8.32. The number of nitrogens with zero attached hydrogens (tertiary/aromatic N) is 2. The summed E-state index contributed by atoms with van der Waals surface area (Å²) in [5.74, 6) is -0.502. The van der Waals surface area contributed by atoms with Gasteiger partial charge in [0.05, 0.1) is 11.6 Å². The van der Waals surface area contributed by atoms with Crippen LogP contribution in [0.1, 0.15) is 48.5 Å². The molecule has 1 saturated heterocycles. The van der Waals surface area contributed by atoms with Crippen LogP contribution in [0.15, 0.2) is 24.3 Å². The summed E-state index contributed by atoms with van der Waals surface area (Å²) in [5.41, 5.74) is 0.944. The fourth-order valence-corrected chi connectivity index (χ4v) is 2.73. The maximum atomic E-state index is 12.2. The number of piperidine rings is 1. The quantitative estimate of drug-likeness (QED) is 0.780. The van der Waals surface area contributed by atoms with E-state index in [0.29, 0.717) is 43.5 Å². The van der Waals surface area contributed by atoms with Gasteiger partial charge < -0.3 is 15.0 Å². The second-order valence-electron chi connectivity index (χ2n) is 6.12. The van der Waals surface area contributed by atoms with E-state index in [-0.39, 0.29) is 36.9 Å². The minimum absolute atomic E-state index is 0.0228. The zero-order chi connectivity index (χ0) is 18.9. The van der Waals surface area contributed by atoms with E-state index in [1.165, 1.54) is 0 Å². The molecule has 0 aromatic heterocycles. The molecule has 2 amide bonds. The first-order valence-corrected chi connectivity index (χ1v) is 8.79. The van der Waals surface area contributed by atoms with Gasteiger partial charge in [-0.15, -0.1) is 0 Å². The number of hydrogen-bond donors (Lipinski definition) is 1. The molecule has 0 radical (unpaired) electrons. The van der Waals surface area contributed by atoms with Gasteiger partial charge in [-0.25, -0.2) is 0 Å². The lowest BCUT2D eigenvalue weighted by Gasteiger charge is -2.31. The standard InChI is InChI=1S/C19H23N3O4/c1-2-18(24)26-16-8-11-22(12-9-16)17(23)7-10-21-19(25)15-5-3-14(13-20)4-6-15/h3-6,16H,2,7-12H2,1H3,(H,21,25). The molecule has 1 heterocycles. The van der Waals surface area contributed by atoms with E-state index in [4.69, 9.17) is 10.00 Å². The molecule has 7 heteroatoms. The van der Waals surface area contributed by atoms with Gasteiger partial charge in [0, 0.05) is 50.9 Å². The molecule has 0 bridgehead atoms. The lowest BCUT2D eigenvalue weighted by atomic mass is 10.1. The number of nitrogens with one attached hydrogen (secondary N) is 1. The molecule has 1 N–H and O–H groups in total. The Kier molecular flexibility index (Phi) is 7.15. The average Bonchev–Trinajstić information content (AvgIpc) is 2.68. The molecule has 0 saturated carbocycles. The minimum Gasteiger partial charge on any atom is -0.462 e. The normalized spacial score (nSPS) is 14.4. The van der Waals surface area contributed by atoms with Gasteiger partial charge in [-0.05, 0) is 24.3 Å². The van der Waals surface area contributed by atoms with Gasteiger partial charge in [-0.3, -0.25) is 14.4 Å². The third kappa shape index (κ3) is 5.59. The number of hydrogen-bond acceptors (Lipinski definition) is 5. The molecular weight excluding hydrogens is 334 g/mol. The SMILES string of the molecule is CCC(=O)OC1CCN(C(=O)CCNC(=O)c2ccc(C#N)cc2)CC1. The van der Waals surface area contributed by atoms with Crippen LogP contribution in [0.5, 0.6) is 0 Å². The summed E-state index contributed by atoms with van der Waals surface area (Å²) in [5, 5.41) is 11.5. The van der Waals surface area contributed by atoms with E-state index in [1.54, 1.807) is 36.1 Å². The summed E-state index contributed by atoms with van der Waals surface area (Å²) in [6.45, 7) is 3.13. The van der Waals surface area contributed by atoms with Crippen molar-refractivity contribution in [1.29, 1.82) is 5.26 Å². The molecule has 0 unspecified atom stereocenters. The molecule has 0 spiro atoms. The minimum atomic E-state index is -0.271. The van der Waals surface area contributed by atoms with Gasteiger partial charge in [0.2, 0.25) is 5.91 Å². The first kappa shape index (κ1) is 19.4. The Morgan fingerprint density at radius 1 is 1.23 bits per heavy atom. The van der Waals surface area contributed by atoms with Crippen LogP contribution in [0.2, 0.25) is 0 Å². The molecule has 1 aromatic rings.